The van der Waals surface area contributed by atoms with E-state index in [9.17, 15) is 0 Å². The molecule has 0 aliphatic carbocycles. The highest BCUT2D eigenvalue weighted by molar-refractivity contribution is 6.62. The third kappa shape index (κ3) is 7.83. The molecule has 0 saturated carbocycles. The van der Waals surface area contributed by atoms with Crippen molar-refractivity contribution in [2.24, 2.45) is 0 Å². The van der Waals surface area contributed by atoms with Crippen LogP contribution < -0.4 is 5.19 Å². The van der Waals surface area contributed by atoms with Crippen LogP contribution in [-0.4, -0.2) is 46.0 Å². The van der Waals surface area contributed by atoms with Crippen molar-refractivity contribution in [3.63, 3.8) is 0 Å². The van der Waals surface area contributed by atoms with Crippen LogP contribution in [0.1, 0.15) is 19.4 Å². The van der Waals surface area contributed by atoms with Crippen molar-refractivity contribution in [3.05, 3.63) is 48.7 Å². The second-order valence-electron chi connectivity index (χ2n) is 4.15. The standard InChI is InChI=1S/C10H14O2Si.C6H14O2Si/c1-4-9-7-5-6-8-10(9)13(11-2)12-3;1-4-7-9(6-3)8-5-2/h4-8,13H,1H2,2-3H3;6,9H,3-5H2,1-2H3. The van der Waals surface area contributed by atoms with Crippen LogP contribution in [0.15, 0.2) is 43.1 Å². The molecule has 0 spiro atoms. The highest BCUT2D eigenvalue weighted by Gasteiger charge is 2.15. The summed E-state index contributed by atoms with van der Waals surface area (Å²) in [4.78, 5) is 0. The van der Waals surface area contributed by atoms with Crippen molar-refractivity contribution >= 4 is 29.8 Å². The minimum atomic E-state index is -1.68. The van der Waals surface area contributed by atoms with Gasteiger partial charge in [0.1, 0.15) is 0 Å². The number of hydrogen-bond acceptors (Lipinski definition) is 4. The molecule has 0 unspecified atom stereocenters. The van der Waals surface area contributed by atoms with Gasteiger partial charge in [0.25, 0.3) is 0 Å². The summed E-state index contributed by atoms with van der Waals surface area (Å²) in [6.45, 7) is 12.7. The van der Waals surface area contributed by atoms with Crippen LogP contribution in [0.5, 0.6) is 0 Å². The van der Waals surface area contributed by atoms with Gasteiger partial charge >= 0.3 is 18.6 Å². The molecular formula is C16H28O4Si2. The minimum Gasteiger partial charge on any atom is -0.397 e. The number of hydrogen-bond donors (Lipinski definition) is 0. The van der Waals surface area contributed by atoms with Gasteiger partial charge in [-0.25, -0.2) is 0 Å². The first kappa shape index (κ1) is 21.0. The molecule has 6 heteroatoms. The van der Waals surface area contributed by atoms with Crippen molar-refractivity contribution < 1.29 is 17.7 Å². The first-order valence-corrected chi connectivity index (χ1v) is 10.4. The SMILES string of the molecule is C=C[SiH](OCC)OCC.C=Cc1ccccc1[SiH](OC)OC. The first-order valence-electron chi connectivity index (χ1n) is 7.31. The third-order valence-electron chi connectivity index (χ3n) is 2.75. The molecule has 0 amide bonds. The molecule has 0 aromatic heterocycles. The highest BCUT2D eigenvalue weighted by Crippen LogP contribution is 2.00. The summed E-state index contributed by atoms with van der Waals surface area (Å²) >= 11 is 0. The maximum absolute atomic E-state index is 5.30. The van der Waals surface area contributed by atoms with Crippen LogP contribution in [0.2, 0.25) is 0 Å². The van der Waals surface area contributed by atoms with Gasteiger partial charge in [-0.05, 0) is 24.6 Å². The molecule has 22 heavy (non-hydrogen) atoms. The molecule has 1 aromatic rings. The van der Waals surface area contributed by atoms with Crippen molar-refractivity contribution in [3.8, 4) is 0 Å². The summed E-state index contributed by atoms with van der Waals surface area (Å²) in [7, 11) is 0.234. The van der Waals surface area contributed by atoms with Crippen LogP contribution in [0.4, 0.5) is 0 Å². The Hall–Kier alpha value is -1.03. The average molecular weight is 341 g/mol. The van der Waals surface area contributed by atoms with Gasteiger partial charge in [0, 0.05) is 27.4 Å². The van der Waals surface area contributed by atoms with Gasteiger partial charge in [-0.2, -0.15) is 0 Å². The normalized spacial score (nSPS) is 10.3. The number of rotatable bonds is 9. The van der Waals surface area contributed by atoms with E-state index in [1.54, 1.807) is 19.9 Å². The fraction of sp³-hybridized carbons (Fsp3) is 0.375. The summed E-state index contributed by atoms with van der Waals surface area (Å²) in [6.07, 6.45) is 1.83. The van der Waals surface area contributed by atoms with Crippen molar-refractivity contribution in [2.75, 3.05) is 27.4 Å². The van der Waals surface area contributed by atoms with E-state index in [1.807, 2.05) is 44.2 Å². The molecule has 0 aliphatic rings. The van der Waals surface area contributed by atoms with Gasteiger partial charge in [-0.1, -0.05) is 42.6 Å². The quantitative estimate of drug-likeness (QED) is 0.645. The van der Waals surface area contributed by atoms with Gasteiger partial charge < -0.3 is 17.7 Å². The fourth-order valence-electron chi connectivity index (χ4n) is 1.77. The molecular weight excluding hydrogens is 312 g/mol. The molecule has 1 rings (SSSR count). The van der Waals surface area contributed by atoms with Gasteiger partial charge in [0.05, 0.1) is 0 Å². The smallest absolute Gasteiger partial charge is 0.355 e. The molecule has 0 saturated heterocycles. The van der Waals surface area contributed by atoms with E-state index in [0.29, 0.717) is 0 Å². The zero-order valence-corrected chi connectivity index (χ0v) is 16.4. The summed E-state index contributed by atoms with van der Waals surface area (Å²) in [5.74, 6) is 0. The van der Waals surface area contributed by atoms with Crippen LogP contribution in [0.25, 0.3) is 6.08 Å². The van der Waals surface area contributed by atoms with Crippen molar-refractivity contribution in [1.29, 1.82) is 0 Å². The Morgan fingerprint density at radius 3 is 1.95 bits per heavy atom. The molecule has 0 N–H and O–H groups in total. The summed E-state index contributed by atoms with van der Waals surface area (Å²) in [5.41, 5.74) is 2.88. The molecule has 0 fully saturated rings. The van der Waals surface area contributed by atoms with Crippen LogP contribution in [0.3, 0.4) is 0 Å². The van der Waals surface area contributed by atoms with E-state index in [2.05, 4.69) is 13.2 Å². The first-order chi connectivity index (χ1) is 10.7. The Kier molecular flexibility index (Phi) is 13.0. The molecule has 1 aromatic carbocycles. The molecule has 4 nitrogen and oxygen atoms in total. The van der Waals surface area contributed by atoms with Gasteiger partial charge in [-0.3, -0.25) is 0 Å². The monoisotopic (exact) mass is 340 g/mol. The van der Waals surface area contributed by atoms with E-state index >= 15 is 0 Å². The predicted octanol–water partition coefficient (Wildman–Crippen LogP) is 2.05. The second-order valence-corrected chi connectivity index (χ2v) is 8.25. The molecule has 0 atom stereocenters. The summed E-state index contributed by atoms with van der Waals surface area (Å²) in [5, 5.41) is 1.14. The lowest BCUT2D eigenvalue weighted by Crippen LogP contribution is -2.36. The average Bonchev–Trinajstić information content (AvgIpc) is 2.57. The van der Waals surface area contributed by atoms with Gasteiger partial charge in [-0.15, -0.1) is 6.58 Å². The Morgan fingerprint density at radius 2 is 1.55 bits per heavy atom. The van der Waals surface area contributed by atoms with E-state index < -0.39 is 18.6 Å². The lowest BCUT2D eigenvalue weighted by molar-refractivity contribution is 0.224. The molecule has 0 aliphatic heterocycles. The van der Waals surface area contributed by atoms with Crippen molar-refractivity contribution in [2.45, 2.75) is 13.8 Å². The zero-order chi connectivity index (χ0) is 16.8. The fourth-order valence-corrected chi connectivity index (χ4v) is 4.25. The molecule has 0 bridgehead atoms. The maximum atomic E-state index is 5.30. The highest BCUT2D eigenvalue weighted by atomic mass is 28.3. The topological polar surface area (TPSA) is 36.9 Å². The Bertz CT molecular complexity index is 416. The lowest BCUT2D eigenvalue weighted by Gasteiger charge is -2.13. The predicted molar refractivity (Wildman–Crippen MR) is 97.9 cm³/mol. The van der Waals surface area contributed by atoms with Crippen molar-refractivity contribution in [1.82, 2.24) is 0 Å². The van der Waals surface area contributed by atoms with E-state index in [-0.39, 0.29) is 0 Å². The molecule has 0 heterocycles. The molecule has 124 valence electrons. The van der Waals surface area contributed by atoms with Gasteiger partial charge in [0.2, 0.25) is 0 Å². The second kappa shape index (κ2) is 13.6. The lowest BCUT2D eigenvalue weighted by atomic mass is 10.2. The van der Waals surface area contributed by atoms with E-state index in [4.69, 9.17) is 17.7 Å². The van der Waals surface area contributed by atoms with Crippen LogP contribution in [0, 0.1) is 0 Å². The van der Waals surface area contributed by atoms with E-state index in [1.165, 1.54) is 0 Å². The Balaban J connectivity index is 0.000000433. The maximum Gasteiger partial charge on any atom is 0.355 e. The zero-order valence-electron chi connectivity index (χ0n) is 14.1. The molecule has 0 radical (unpaired) electrons. The third-order valence-corrected chi connectivity index (χ3v) is 6.35. The summed E-state index contributed by atoms with van der Waals surface area (Å²) < 4.78 is 21.1. The van der Waals surface area contributed by atoms with Crippen LogP contribution >= 0.6 is 0 Å². The number of benzene rings is 1. The van der Waals surface area contributed by atoms with E-state index in [0.717, 1.165) is 24.0 Å². The Labute approximate surface area is 138 Å². The largest absolute Gasteiger partial charge is 0.397 e. The van der Waals surface area contributed by atoms with Gasteiger partial charge in [0.15, 0.2) is 0 Å². The summed E-state index contributed by atoms with van der Waals surface area (Å²) in [6, 6.07) is 8.01. The minimum absolute atomic E-state index is 0.725. The Morgan fingerprint density at radius 1 is 1.00 bits per heavy atom. The van der Waals surface area contributed by atoms with Crippen LogP contribution in [-0.2, 0) is 17.7 Å².